The van der Waals surface area contributed by atoms with Crippen molar-refractivity contribution in [1.29, 1.82) is 0 Å². The fourth-order valence-electron chi connectivity index (χ4n) is 4.34. The Labute approximate surface area is 227 Å². The molecule has 15 heteroatoms. The Kier molecular flexibility index (Phi) is 7.04. The number of carbonyl (C=O) groups excluding carboxylic acids is 2. The zero-order valence-corrected chi connectivity index (χ0v) is 21.6. The predicted octanol–water partition coefficient (Wildman–Crippen LogP) is 1.68. The Balaban J connectivity index is 1.12. The number of rotatable bonds is 5. The molecule has 5 rings (SSSR count). The van der Waals surface area contributed by atoms with Crippen LogP contribution in [0.25, 0.3) is 11.4 Å². The molecule has 0 atom stereocenters. The van der Waals surface area contributed by atoms with Crippen molar-refractivity contribution in [3.05, 3.63) is 46.0 Å². The number of piperidine rings is 1. The summed E-state index contributed by atoms with van der Waals surface area (Å²) >= 11 is 11.8. The first-order valence-corrected chi connectivity index (χ1v) is 12.6. The number of aromatic nitrogens is 4. The molecule has 2 aromatic heterocycles. The van der Waals surface area contributed by atoms with Crippen LogP contribution >= 0.6 is 23.2 Å². The zero-order valence-electron chi connectivity index (χ0n) is 20.1. The summed E-state index contributed by atoms with van der Waals surface area (Å²) in [6, 6.07) is 7.12. The van der Waals surface area contributed by atoms with Crippen LogP contribution < -0.4 is 22.1 Å². The molecule has 0 unspecified atom stereocenters. The lowest BCUT2D eigenvalue weighted by Crippen LogP contribution is -2.53. The first kappa shape index (κ1) is 25.7. The predicted molar refractivity (Wildman–Crippen MR) is 140 cm³/mol. The minimum Gasteiger partial charge on any atom is -0.382 e. The van der Waals surface area contributed by atoms with Gasteiger partial charge in [-0.2, -0.15) is 9.98 Å². The third kappa shape index (κ3) is 5.48. The Morgan fingerprint density at radius 3 is 2.55 bits per heavy atom. The van der Waals surface area contributed by atoms with Gasteiger partial charge in [0.25, 0.3) is 0 Å². The quantitative estimate of drug-likeness (QED) is 0.356. The Bertz CT molecular complexity index is 1400. The van der Waals surface area contributed by atoms with E-state index >= 15 is 0 Å². The van der Waals surface area contributed by atoms with Gasteiger partial charge in [0.05, 0.1) is 5.54 Å². The molecule has 4 heterocycles. The first-order chi connectivity index (χ1) is 18.2. The van der Waals surface area contributed by atoms with Gasteiger partial charge in [0.15, 0.2) is 28.4 Å². The number of nitrogen functional groups attached to an aromatic ring is 2. The average Bonchev–Trinajstić information content (AvgIpc) is 3.53. The van der Waals surface area contributed by atoms with Crippen LogP contribution in [0.1, 0.15) is 35.6 Å². The van der Waals surface area contributed by atoms with Gasteiger partial charge in [-0.1, -0.05) is 28.4 Å². The van der Waals surface area contributed by atoms with Gasteiger partial charge in [0, 0.05) is 43.1 Å². The Morgan fingerprint density at radius 1 is 1.08 bits per heavy atom. The van der Waals surface area contributed by atoms with Crippen molar-refractivity contribution in [2.45, 2.75) is 31.2 Å². The lowest BCUT2D eigenvalue weighted by Gasteiger charge is -2.38. The van der Waals surface area contributed by atoms with Crippen LogP contribution in [0, 0.1) is 0 Å². The molecule has 2 aliphatic heterocycles. The van der Waals surface area contributed by atoms with Crippen LogP contribution in [0.4, 0.5) is 11.6 Å². The van der Waals surface area contributed by atoms with Crippen LogP contribution in [-0.2, 0) is 11.2 Å². The fraction of sp³-hybridized carbons (Fsp3) is 0.348. The molecule has 3 aromatic rings. The molecule has 2 fully saturated rings. The molecule has 0 radical (unpaired) electrons. The minimum atomic E-state index is -0.697. The van der Waals surface area contributed by atoms with Crippen molar-refractivity contribution in [1.82, 2.24) is 35.6 Å². The highest BCUT2D eigenvalue weighted by molar-refractivity contribution is 6.31. The third-order valence-electron chi connectivity index (χ3n) is 6.50. The maximum Gasteiger partial charge on any atom is 0.302 e. The number of hydrogen-bond acceptors (Lipinski definition) is 9. The normalized spacial score (nSPS) is 17.4. The smallest absolute Gasteiger partial charge is 0.302 e. The number of anilines is 2. The molecule has 38 heavy (non-hydrogen) atoms. The molecule has 0 bridgehead atoms. The van der Waals surface area contributed by atoms with Gasteiger partial charge in [0.2, 0.25) is 17.6 Å². The first-order valence-electron chi connectivity index (χ1n) is 11.8. The Morgan fingerprint density at radius 2 is 1.82 bits per heavy atom. The highest BCUT2D eigenvalue weighted by atomic mass is 35.5. The maximum absolute atomic E-state index is 12.8. The molecule has 13 nitrogen and oxygen atoms in total. The van der Waals surface area contributed by atoms with E-state index in [1.807, 2.05) is 4.90 Å². The van der Waals surface area contributed by atoms with Gasteiger partial charge in [0.1, 0.15) is 0 Å². The maximum atomic E-state index is 12.8. The number of aliphatic imine (C=N–C) groups is 1. The van der Waals surface area contributed by atoms with E-state index in [4.69, 9.17) is 39.2 Å². The van der Waals surface area contributed by atoms with Gasteiger partial charge in [-0.15, -0.1) is 0 Å². The second-order valence-corrected chi connectivity index (χ2v) is 9.85. The highest BCUT2D eigenvalue weighted by Crippen LogP contribution is 2.26. The number of halogens is 2. The largest absolute Gasteiger partial charge is 0.382 e. The number of amides is 2. The van der Waals surface area contributed by atoms with E-state index in [1.54, 1.807) is 24.3 Å². The summed E-state index contributed by atoms with van der Waals surface area (Å²) in [5.74, 6) is 0.253. The standard InChI is InChI=1S/C23H24Cl2N10O3/c24-13-3-1-12(2-4-13)20-29-14(38-34-20)5-6-15(36)35-9-7-23(8-10-35)11-28-22(33-23)32-21(37)16-18(26)31-19(27)17(25)30-16/h1-4H,5-11H2,(H4,26,27,31)(H2,28,32,33,37). The van der Waals surface area contributed by atoms with Crippen LogP contribution in [0.2, 0.25) is 10.2 Å². The summed E-state index contributed by atoms with van der Waals surface area (Å²) in [5.41, 5.74) is 11.6. The van der Waals surface area contributed by atoms with E-state index in [1.165, 1.54) is 0 Å². The molecule has 6 N–H and O–H groups in total. The fourth-order valence-corrected chi connectivity index (χ4v) is 4.60. The van der Waals surface area contributed by atoms with Crippen molar-refractivity contribution in [2.24, 2.45) is 4.99 Å². The number of likely N-dealkylation sites (tertiary alicyclic amines) is 1. The number of nitrogens with zero attached hydrogens (tertiary/aromatic N) is 6. The van der Waals surface area contributed by atoms with Gasteiger partial charge >= 0.3 is 5.91 Å². The van der Waals surface area contributed by atoms with Crippen LogP contribution in [0.15, 0.2) is 33.8 Å². The van der Waals surface area contributed by atoms with E-state index in [-0.39, 0.29) is 40.3 Å². The van der Waals surface area contributed by atoms with Crippen molar-refractivity contribution in [3.8, 4) is 11.4 Å². The zero-order chi connectivity index (χ0) is 26.9. The van der Waals surface area contributed by atoms with E-state index < -0.39 is 5.91 Å². The monoisotopic (exact) mass is 558 g/mol. The molecule has 2 aliphatic rings. The van der Waals surface area contributed by atoms with Crippen molar-refractivity contribution in [3.63, 3.8) is 0 Å². The van der Waals surface area contributed by atoms with E-state index in [0.717, 1.165) is 5.56 Å². The van der Waals surface area contributed by atoms with E-state index in [0.29, 0.717) is 61.6 Å². The third-order valence-corrected chi connectivity index (χ3v) is 7.03. The second-order valence-electron chi connectivity index (χ2n) is 9.06. The van der Waals surface area contributed by atoms with Gasteiger partial charge < -0.3 is 31.5 Å². The summed E-state index contributed by atoms with van der Waals surface area (Å²) in [5, 5.41) is 10.9. The summed E-state index contributed by atoms with van der Waals surface area (Å²) < 4.78 is 5.30. The summed E-state index contributed by atoms with van der Waals surface area (Å²) in [6.45, 7) is 1.67. The molecule has 0 saturated carbocycles. The number of hydrogen-bond donors (Lipinski definition) is 4. The SMILES string of the molecule is Nc1nc(N)c(C(=O)/N=C2\NCC3(CCN(C(=O)CCc4nc(-c5ccc(Cl)cc5)no4)CC3)N2)nc1Cl. The molecular formula is C23H24Cl2N10O3. The highest BCUT2D eigenvalue weighted by Gasteiger charge is 2.40. The van der Waals surface area contributed by atoms with Gasteiger partial charge in [-0.3, -0.25) is 9.59 Å². The van der Waals surface area contributed by atoms with Gasteiger partial charge in [-0.25, -0.2) is 9.97 Å². The van der Waals surface area contributed by atoms with Crippen molar-refractivity contribution in [2.75, 3.05) is 31.1 Å². The molecule has 2 amide bonds. The number of nitrogens with two attached hydrogens (primary N) is 2. The summed E-state index contributed by atoms with van der Waals surface area (Å²) in [7, 11) is 0. The number of guanidine groups is 1. The van der Waals surface area contributed by atoms with Gasteiger partial charge in [-0.05, 0) is 37.1 Å². The molecular weight excluding hydrogens is 535 g/mol. The van der Waals surface area contributed by atoms with Crippen LogP contribution in [-0.4, -0.2) is 68.0 Å². The molecule has 1 aromatic carbocycles. The summed E-state index contributed by atoms with van der Waals surface area (Å²) in [4.78, 5) is 43.3. The second kappa shape index (κ2) is 10.4. The minimum absolute atomic E-state index is 0.00963. The van der Waals surface area contributed by atoms with E-state index in [2.05, 4.69) is 35.7 Å². The lowest BCUT2D eigenvalue weighted by atomic mass is 9.88. The summed E-state index contributed by atoms with van der Waals surface area (Å²) in [6.07, 6.45) is 1.96. The average molecular weight is 559 g/mol. The lowest BCUT2D eigenvalue weighted by molar-refractivity contribution is -0.132. The number of carbonyl (C=O) groups is 2. The van der Waals surface area contributed by atoms with Crippen LogP contribution in [0.5, 0.6) is 0 Å². The Hall–Kier alpha value is -3.97. The molecule has 2 saturated heterocycles. The van der Waals surface area contributed by atoms with Crippen LogP contribution in [0.3, 0.4) is 0 Å². The van der Waals surface area contributed by atoms with Crippen molar-refractivity contribution < 1.29 is 14.1 Å². The molecule has 1 spiro atoms. The van der Waals surface area contributed by atoms with Crippen molar-refractivity contribution >= 4 is 52.6 Å². The number of aryl methyl sites for hydroxylation is 1. The molecule has 0 aliphatic carbocycles. The van der Waals surface area contributed by atoms with E-state index in [9.17, 15) is 9.59 Å². The number of nitrogens with one attached hydrogen (secondary N) is 2. The topological polar surface area (TPSA) is 191 Å². The number of benzene rings is 1. The molecule has 198 valence electrons.